The minimum absolute atomic E-state index is 0.0946. The molecule has 0 N–H and O–H groups in total. The monoisotopic (exact) mass is 329 g/mol. The third-order valence-electron chi connectivity index (χ3n) is 5.22. The van der Waals surface area contributed by atoms with Crippen LogP contribution in [0.2, 0.25) is 0 Å². The van der Waals surface area contributed by atoms with Gasteiger partial charge in [0.25, 0.3) is 0 Å². The number of likely N-dealkylation sites (N-methyl/N-ethyl adjacent to an activating group) is 1. The number of Topliss-reactive ketones (excluding diaryl/α,β-unsaturated/α-hetero) is 1. The Bertz CT molecular complexity index is 979. The first-order valence-electron chi connectivity index (χ1n) is 8.36. The van der Waals surface area contributed by atoms with Gasteiger partial charge in [-0.15, -0.1) is 0 Å². The minimum Gasteiger partial charge on any atom is -0.347 e. The van der Waals surface area contributed by atoms with E-state index in [-0.39, 0.29) is 17.0 Å². The molecule has 2 aromatic carbocycles. The van der Waals surface area contributed by atoms with Gasteiger partial charge in [0.2, 0.25) is 0 Å². The maximum Gasteiger partial charge on any atom is 0.193 e. The standard InChI is InChI=1S/C22H19NO2/c1-22(2)17-10-6-7-11-18(17)23(3)20(22)13-14-12-19(24)15-8-4-5-9-16(15)21(14)25/h4-13H,1-3H3. The fraction of sp³-hybridized carbons (Fsp3) is 0.182. The molecule has 3 nitrogen and oxygen atoms in total. The Balaban J connectivity index is 1.83. The van der Waals surface area contributed by atoms with Gasteiger partial charge in [-0.25, -0.2) is 0 Å². The summed E-state index contributed by atoms with van der Waals surface area (Å²) in [5.41, 5.74) is 4.56. The summed E-state index contributed by atoms with van der Waals surface area (Å²) in [6.07, 6.45) is 3.33. The molecule has 1 aliphatic carbocycles. The molecule has 0 amide bonds. The van der Waals surface area contributed by atoms with Crippen LogP contribution in [-0.4, -0.2) is 18.6 Å². The molecule has 0 spiro atoms. The van der Waals surface area contributed by atoms with Crippen molar-refractivity contribution in [2.75, 3.05) is 11.9 Å². The highest BCUT2D eigenvalue weighted by molar-refractivity contribution is 6.25. The first-order valence-corrected chi connectivity index (χ1v) is 8.36. The Kier molecular flexibility index (Phi) is 3.29. The number of hydrogen-bond acceptors (Lipinski definition) is 3. The maximum atomic E-state index is 12.9. The fourth-order valence-electron chi connectivity index (χ4n) is 3.85. The summed E-state index contributed by atoms with van der Waals surface area (Å²) in [6, 6.07) is 15.2. The molecule has 1 heterocycles. The number of ketones is 2. The predicted octanol–water partition coefficient (Wildman–Crippen LogP) is 4.30. The first-order chi connectivity index (χ1) is 11.9. The van der Waals surface area contributed by atoms with Gasteiger partial charge in [-0.3, -0.25) is 9.59 Å². The van der Waals surface area contributed by atoms with Crippen LogP contribution in [0.15, 0.2) is 72.0 Å². The molecule has 3 heteroatoms. The molecule has 0 fully saturated rings. The summed E-state index contributed by atoms with van der Waals surface area (Å²) in [6.45, 7) is 4.29. The van der Waals surface area contributed by atoms with Crippen molar-refractivity contribution in [1.29, 1.82) is 0 Å². The topological polar surface area (TPSA) is 37.4 Å². The van der Waals surface area contributed by atoms with Crippen LogP contribution in [0.25, 0.3) is 0 Å². The summed E-state index contributed by atoms with van der Waals surface area (Å²) in [5.74, 6) is -0.208. The van der Waals surface area contributed by atoms with E-state index in [9.17, 15) is 9.59 Å². The van der Waals surface area contributed by atoms with E-state index in [1.165, 1.54) is 11.6 Å². The lowest BCUT2D eigenvalue weighted by Crippen LogP contribution is -2.24. The van der Waals surface area contributed by atoms with Crippen molar-refractivity contribution >= 4 is 17.3 Å². The van der Waals surface area contributed by atoms with Crippen molar-refractivity contribution < 1.29 is 9.59 Å². The molecule has 0 bridgehead atoms. The molecule has 0 radical (unpaired) electrons. The van der Waals surface area contributed by atoms with Gasteiger partial charge in [-0.1, -0.05) is 56.3 Å². The molecular formula is C22H19NO2. The van der Waals surface area contributed by atoms with E-state index >= 15 is 0 Å². The van der Waals surface area contributed by atoms with Gasteiger partial charge >= 0.3 is 0 Å². The van der Waals surface area contributed by atoms with Crippen molar-refractivity contribution in [3.05, 3.63) is 88.6 Å². The van der Waals surface area contributed by atoms with Crippen molar-refractivity contribution in [3.63, 3.8) is 0 Å². The Morgan fingerprint density at radius 2 is 1.56 bits per heavy atom. The smallest absolute Gasteiger partial charge is 0.193 e. The molecule has 0 saturated carbocycles. The van der Waals surface area contributed by atoms with Crippen LogP contribution in [0, 0.1) is 0 Å². The lowest BCUT2D eigenvalue weighted by Gasteiger charge is -2.25. The number of para-hydroxylation sites is 1. The molecule has 2 aliphatic rings. The van der Waals surface area contributed by atoms with Crippen molar-refractivity contribution in [1.82, 2.24) is 0 Å². The SMILES string of the molecule is CN1C(=CC2=CC(=O)c3ccccc3C2=O)C(C)(C)c2ccccc21. The van der Waals surface area contributed by atoms with Crippen LogP contribution in [0.5, 0.6) is 0 Å². The number of rotatable bonds is 1. The number of nitrogens with zero attached hydrogens (tertiary/aromatic N) is 1. The number of hydrogen-bond donors (Lipinski definition) is 0. The van der Waals surface area contributed by atoms with Crippen LogP contribution in [0.3, 0.4) is 0 Å². The Labute approximate surface area is 147 Å². The Hall–Kier alpha value is -2.94. The number of carbonyl (C=O) groups is 2. The highest BCUT2D eigenvalue weighted by Crippen LogP contribution is 2.47. The minimum atomic E-state index is -0.230. The van der Waals surface area contributed by atoms with Crippen molar-refractivity contribution in [2.45, 2.75) is 19.3 Å². The molecule has 0 atom stereocenters. The third kappa shape index (κ3) is 2.19. The van der Waals surface area contributed by atoms with E-state index < -0.39 is 0 Å². The predicted molar refractivity (Wildman–Crippen MR) is 99.1 cm³/mol. The van der Waals surface area contributed by atoms with Crippen molar-refractivity contribution in [3.8, 4) is 0 Å². The molecule has 2 aromatic rings. The van der Waals surface area contributed by atoms with Crippen LogP contribution in [0.1, 0.15) is 40.1 Å². The van der Waals surface area contributed by atoms with Gasteiger partial charge in [0.05, 0.1) is 0 Å². The average Bonchev–Trinajstić information content (AvgIpc) is 2.80. The fourth-order valence-corrected chi connectivity index (χ4v) is 3.85. The van der Waals surface area contributed by atoms with E-state index in [0.717, 1.165) is 11.4 Å². The molecule has 25 heavy (non-hydrogen) atoms. The van der Waals surface area contributed by atoms with Gasteiger partial charge in [-0.05, 0) is 23.8 Å². The molecule has 1 aliphatic heterocycles. The van der Waals surface area contributed by atoms with E-state index in [1.54, 1.807) is 24.3 Å². The molecule has 124 valence electrons. The lowest BCUT2D eigenvalue weighted by molar-refractivity contribution is 0.0987. The van der Waals surface area contributed by atoms with Gasteiger partial charge < -0.3 is 4.90 Å². The van der Waals surface area contributed by atoms with Gasteiger partial charge in [0.1, 0.15) is 0 Å². The summed E-state index contributed by atoms with van der Waals surface area (Å²) in [5, 5.41) is 0. The van der Waals surface area contributed by atoms with E-state index in [1.807, 2.05) is 25.3 Å². The number of allylic oxidation sites excluding steroid dienone is 4. The largest absolute Gasteiger partial charge is 0.347 e. The Morgan fingerprint density at radius 1 is 0.920 bits per heavy atom. The number of fused-ring (bicyclic) bond motifs is 2. The van der Waals surface area contributed by atoms with Crippen LogP contribution in [-0.2, 0) is 5.41 Å². The highest BCUT2D eigenvalue weighted by Gasteiger charge is 2.39. The van der Waals surface area contributed by atoms with Crippen LogP contribution < -0.4 is 4.90 Å². The van der Waals surface area contributed by atoms with E-state index in [4.69, 9.17) is 0 Å². The zero-order valence-electron chi connectivity index (χ0n) is 14.5. The first kappa shape index (κ1) is 15.6. The van der Waals surface area contributed by atoms with Crippen molar-refractivity contribution in [2.24, 2.45) is 0 Å². The number of anilines is 1. The number of carbonyl (C=O) groups excluding carboxylic acids is 2. The van der Waals surface area contributed by atoms with Gasteiger partial charge in [0, 0.05) is 40.5 Å². The van der Waals surface area contributed by atoms with E-state index in [0.29, 0.717) is 16.7 Å². The molecule has 0 saturated heterocycles. The second-order valence-corrected chi connectivity index (χ2v) is 7.07. The molecular weight excluding hydrogens is 310 g/mol. The van der Waals surface area contributed by atoms with Crippen LogP contribution in [0.4, 0.5) is 5.69 Å². The third-order valence-corrected chi connectivity index (χ3v) is 5.22. The van der Waals surface area contributed by atoms with Gasteiger partial charge in [-0.2, -0.15) is 0 Å². The summed E-state index contributed by atoms with van der Waals surface area (Å²) < 4.78 is 0. The molecule has 4 rings (SSSR count). The molecule has 0 aromatic heterocycles. The van der Waals surface area contributed by atoms with E-state index in [2.05, 4.69) is 30.9 Å². The molecule has 0 unspecified atom stereocenters. The normalized spacial score (nSPS) is 19.7. The average molecular weight is 329 g/mol. The van der Waals surface area contributed by atoms with Gasteiger partial charge in [0.15, 0.2) is 11.6 Å². The maximum absolute atomic E-state index is 12.9. The highest BCUT2D eigenvalue weighted by atomic mass is 16.1. The summed E-state index contributed by atoms with van der Waals surface area (Å²) in [4.78, 5) is 27.4. The zero-order valence-corrected chi connectivity index (χ0v) is 14.5. The summed E-state index contributed by atoms with van der Waals surface area (Å²) >= 11 is 0. The number of benzene rings is 2. The second kappa shape index (κ2) is 5.28. The second-order valence-electron chi connectivity index (χ2n) is 7.07. The summed E-state index contributed by atoms with van der Waals surface area (Å²) in [7, 11) is 2.00. The zero-order chi connectivity index (χ0) is 17.8. The quantitative estimate of drug-likeness (QED) is 0.782. The van der Waals surface area contributed by atoms with Crippen LogP contribution >= 0.6 is 0 Å². The Morgan fingerprint density at radius 3 is 2.28 bits per heavy atom. The lowest BCUT2D eigenvalue weighted by atomic mass is 9.82.